The zero-order valence-electron chi connectivity index (χ0n) is 10.8. The van der Waals surface area contributed by atoms with E-state index in [0.717, 1.165) is 6.54 Å². The number of hydrogen-bond donors (Lipinski definition) is 0. The highest BCUT2D eigenvalue weighted by molar-refractivity contribution is 4.91. The maximum atomic E-state index is 6.02. The summed E-state index contributed by atoms with van der Waals surface area (Å²) in [6.45, 7) is 6.55. The van der Waals surface area contributed by atoms with Crippen LogP contribution < -0.4 is 0 Å². The molecule has 0 spiro atoms. The summed E-state index contributed by atoms with van der Waals surface area (Å²) in [6.07, 6.45) is 6.28. The van der Waals surface area contributed by atoms with Crippen LogP contribution in [0.15, 0.2) is 0 Å². The van der Waals surface area contributed by atoms with Crippen LogP contribution in [0.2, 0.25) is 0 Å². The Balaban J connectivity index is 1.88. The van der Waals surface area contributed by atoms with Crippen molar-refractivity contribution >= 4 is 0 Å². The van der Waals surface area contributed by atoms with Crippen LogP contribution in [0.1, 0.15) is 39.5 Å². The molecule has 0 N–H and O–H groups in total. The fourth-order valence-electron chi connectivity index (χ4n) is 3.08. The van der Waals surface area contributed by atoms with Crippen molar-refractivity contribution in [3.05, 3.63) is 0 Å². The van der Waals surface area contributed by atoms with Gasteiger partial charge in [-0.3, -0.25) is 4.90 Å². The highest BCUT2D eigenvalue weighted by Crippen LogP contribution is 2.30. The van der Waals surface area contributed by atoms with E-state index >= 15 is 0 Å². The molecule has 0 aromatic rings. The molecule has 3 heteroatoms. The maximum Gasteiger partial charge on any atom is 0.0733 e. The third kappa shape index (κ3) is 2.76. The first-order chi connectivity index (χ1) is 7.70. The molecule has 1 aliphatic carbocycles. The fourth-order valence-corrected chi connectivity index (χ4v) is 3.08. The molecule has 2 rings (SSSR count). The van der Waals surface area contributed by atoms with Gasteiger partial charge in [-0.25, -0.2) is 0 Å². The Labute approximate surface area is 99.1 Å². The Morgan fingerprint density at radius 2 is 2.00 bits per heavy atom. The van der Waals surface area contributed by atoms with E-state index in [1.54, 1.807) is 0 Å². The number of rotatable bonds is 4. The average Bonchev–Trinajstić information content (AvgIpc) is 2.84. The van der Waals surface area contributed by atoms with Crippen molar-refractivity contribution in [2.75, 3.05) is 20.2 Å². The second kappa shape index (κ2) is 5.48. The van der Waals surface area contributed by atoms with E-state index in [0.29, 0.717) is 24.4 Å². The summed E-state index contributed by atoms with van der Waals surface area (Å²) in [4.78, 5) is 2.58. The molecule has 1 heterocycles. The number of likely N-dealkylation sites (tertiary alicyclic amines) is 1. The summed E-state index contributed by atoms with van der Waals surface area (Å²) >= 11 is 0. The van der Waals surface area contributed by atoms with E-state index in [-0.39, 0.29) is 0 Å². The summed E-state index contributed by atoms with van der Waals surface area (Å²) < 4.78 is 11.5. The lowest BCUT2D eigenvalue weighted by Crippen LogP contribution is -2.41. The van der Waals surface area contributed by atoms with E-state index in [4.69, 9.17) is 9.47 Å². The SMILES string of the molecule is CO[C@H]1CCN(C2CCCC2OC(C)C)C1. The van der Waals surface area contributed by atoms with Crippen LogP contribution in [-0.2, 0) is 9.47 Å². The van der Waals surface area contributed by atoms with Crippen LogP contribution in [-0.4, -0.2) is 49.5 Å². The predicted molar refractivity (Wildman–Crippen MR) is 64.6 cm³/mol. The molecule has 1 saturated heterocycles. The number of nitrogens with zero attached hydrogens (tertiary/aromatic N) is 1. The molecule has 3 nitrogen and oxygen atoms in total. The van der Waals surface area contributed by atoms with Crippen LogP contribution in [0.4, 0.5) is 0 Å². The first-order valence-electron chi connectivity index (χ1n) is 6.63. The van der Waals surface area contributed by atoms with Crippen LogP contribution >= 0.6 is 0 Å². The van der Waals surface area contributed by atoms with Crippen LogP contribution in [0.5, 0.6) is 0 Å². The lowest BCUT2D eigenvalue weighted by atomic mass is 10.2. The Morgan fingerprint density at radius 1 is 1.19 bits per heavy atom. The highest BCUT2D eigenvalue weighted by atomic mass is 16.5. The average molecular weight is 227 g/mol. The van der Waals surface area contributed by atoms with E-state index in [1.807, 2.05) is 7.11 Å². The molecule has 1 aliphatic heterocycles. The summed E-state index contributed by atoms with van der Waals surface area (Å²) in [7, 11) is 1.82. The van der Waals surface area contributed by atoms with E-state index in [9.17, 15) is 0 Å². The normalized spacial score (nSPS) is 36.4. The molecule has 0 aromatic carbocycles. The van der Waals surface area contributed by atoms with E-state index in [2.05, 4.69) is 18.7 Å². The van der Waals surface area contributed by atoms with Gasteiger partial charge in [0.05, 0.1) is 18.3 Å². The van der Waals surface area contributed by atoms with Crippen molar-refractivity contribution in [1.29, 1.82) is 0 Å². The summed E-state index contributed by atoms with van der Waals surface area (Å²) in [5.41, 5.74) is 0. The third-order valence-corrected chi connectivity index (χ3v) is 3.84. The molecule has 1 saturated carbocycles. The van der Waals surface area contributed by atoms with Crippen molar-refractivity contribution < 1.29 is 9.47 Å². The van der Waals surface area contributed by atoms with Gasteiger partial charge in [-0.2, -0.15) is 0 Å². The van der Waals surface area contributed by atoms with Crippen LogP contribution in [0.3, 0.4) is 0 Å². The van der Waals surface area contributed by atoms with Gasteiger partial charge in [0.15, 0.2) is 0 Å². The van der Waals surface area contributed by atoms with Gasteiger partial charge in [-0.1, -0.05) is 0 Å². The molecule has 3 atom stereocenters. The van der Waals surface area contributed by atoms with Gasteiger partial charge >= 0.3 is 0 Å². The van der Waals surface area contributed by atoms with Crippen molar-refractivity contribution in [2.45, 2.75) is 63.9 Å². The Bertz CT molecular complexity index is 220. The molecule has 0 amide bonds. The molecular weight excluding hydrogens is 202 g/mol. The second-order valence-electron chi connectivity index (χ2n) is 5.36. The topological polar surface area (TPSA) is 21.7 Å². The summed E-state index contributed by atoms with van der Waals surface area (Å²) in [5.74, 6) is 0. The summed E-state index contributed by atoms with van der Waals surface area (Å²) in [5, 5.41) is 0. The van der Waals surface area contributed by atoms with Gasteiger partial charge < -0.3 is 9.47 Å². The molecule has 2 unspecified atom stereocenters. The molecule has 2 aliphatic rings. The zero-order chi connectivity index (χ0) is 11.5. The van der Waals surface area contributed by atoms with E-state index in [1.165, 1.54) is 32.2 Å². The second-order valence-corrected chi connectivity index (χ2v) is 5.36. The standard InChI is InChI=1S/C13H25NO2/c1-10(2)16-13-6-4-5-12(13)14-8-7-11(9-14)15-3/h10-13H,4-9H2,1-3H3/t11-,12?,13?/m0/s1. The fraction of sp³-hybridized carbons (Fsp3) is 1.00. The van der Waals surface area contributed by atoms with Crippen molar-refractivity contribution in [1.82, 2.24) is 4.90 Å². The van der Waals surface area contributed by atoms with Gasteiger partial charge in [0.1, 0.15) is 0 Å². The van der Waals surface area contributed by atoms with Crippen molar-refractivity contribution in [2.24, 2.45) is 0 Å². The quantitative estimate of drug-likeness (QED) is 0.734. The smallest absolute Gasteiger partial charge is 0.0733 e. The van der Waals surface area contributed by atoms with Crippen molar-refractivity contribution in [3.63, 3.8) is 0 Å². The van der Waals surface area contributed by atoms with Crippen LogP contribution in [0.25, 0.3) is 0 Å². The van der Waals surface area contributed by atoms with Gasteiger partial charge in [-0.05, 0) is 39.5 Å². The minimum atomic E-state index is 0.353. The van der Waals surface area contributed by atoms with Crippen LogP contribution in [0, 0.1) is 0 Å². The molecular formula is C13H25NO2. The number of ether oxygens (including phenoxy) is 2. The molecule has 2 fully saturated rings. The van der Waals surface area contributed by atoms with Crippen molar-refractivity contribution in [3.8, 4) is 0 Å². The molecule has 94 valence electrons. The Kier molecular flexibility index (Phi) is 4.22. The first-order valence-corrected chi connectivity index (χ1v) is 6.63. The lowest BCUT2D eigenvalue weighted by molar-refractivity contribution is -0.0294. The minimum Gasteiger partial charge on any atom is -0.380 e. The van der Waals surface area contributed by atoms with E-state index < -0.39 is 0 Å². The maximum absolute atomic E-state index is 6.02. The number of hydrogen-bond acceptors (Lipinski definition) is 3. The van der Waals surface area contributed by atoms with Gasteiger partial charge in [0, 0.05) is 26.2 Å². The zero-order valence-corrected chi connectivity index (χ0v) is 10.8. The lowest BCUT2D eigenvalue weighted by Gasteiger charge is -2.30. The minimum absolute atomic E-state index is 0.353. The van der Waals surface area contributed by atoms with Gasteiger partial charge in [0.25, 0.3) is 0 Å². The third-order valence-electron chi connectivity index (χ3n) is 3.84. The molecule has 16 heavy (non-hydrogen) atoms. The largest absolute Gasteiger partial charge is 0.380 e. The first kappa shape index (κ1) is 12.3. The molecule has 0 radical (unpaired) electrons. The summed E-state index contributed by atoms with van der Waals surface area (Å²) in [6, 6.07) is 0.641. The molecule has 0 bridgehead atoms. The number of methoxy groups -OCH3 is 1. The predicted octanol–water partition coefficient (Wildman–Crippen LogP) is 2.05. The highest BCUT2D eigenvalue weighted by Gasteiger charge is 2.36. The monoisotopic (exact) mass is 227 g/mol. The van der Waals surface area contributed by atoms with Gasteiger partial charge in [0.2, 0.25) is 0 Å². The molecule has 0 aromatic heterocycles. The Hall–Kier alpha value is -0.120. The van der Waals surface area contributed by atoms with Gasteiger partial charge in [-0.15, -0.1) is 0 Å². The Morgan fingerprint density at radius 3 is 2.62 bits per heavy atom.